The number of carbonyl (C=O) groups excluding carboxylic acids is 1. The maximum atomic E-state index is 12.6. The number of aromatic nitrogens is 3. The summed E-state index contributed by atoms with van der Waals surface area (Å²) in [5.41, 5.74) is 5.40. The molecule has 166 valence electrons. The molecule has 9 heteroatoms. The number of benzene rings is 1. The molecule has 1 aliphatic rings. The minimum Gasteiger partial charge on any atom is -0.421 e. The van der Waals surface area contributed by atoms with Crippen LogP contribution in [0.1, 0.15) is 29.1 Å². The number of amides is 2. The number of urea groups is 1. The highest BCUT2D eigenvalue weighted by atomic mass is 35.5. The Morgan fingerprint density at radius 3 is 2.78 bits per heavy atom. The van der Waals surface area contributed by atoms with Crippen LogP contribution in [0.3, 0.4) is 0 Å². The second kappa shape index (κ2) is 9.50. The van der Waals surface area contributed by atoms with E-state index in [1.165, 1.54) is 5.56 Å². The molecule has 3 heterocycles. The molecule has 2 aromatic heterocycles. The molecule has 32 heavy (non-hydrogen) atoms. The minimum atomic E-state index is -0.131. The maximum Gasteiger partial charge on any atom is 0.322 e. The van der Waals surface area contributed by atoms with E-state index in [0.717, 1.165) is 16.8 Å². The van der Waals surface area contributed by atoms with Crippen LogP contribution in [0, 0.1) is 13.8 Å². The van der Waals surface area contributed by atoms with Gasteiger partial charge in [-0.2, -0.15) is 0 Å². The molecule has 0 saturated heterocycles. The zero-order chi connectivity index (χ0) is 22.7. The van der Waals surface area contributed by atoms with Crippen molar-refractivity contribution in [1.82, 2.24) is 20.1 Å². The smallest absolute Gasteiger partial charge is 0.322 e. The summed E-state index contributed by atoms with van der Waals surface area (Å²) < 4.78 is 5.51. The fraction of sp³-hybridized carbons (Fsp3) is 0.304. The molecule has 0 spiro atoms. The Labute approximate surface area is 190 Å². The largest absolute Gasteiger partial charge is 0.421 e. The van der Waals surface area contributed by atoms with Crippen LogP contribution in [-0.4, -0.2) is 50.9 Å². The number of halogens is 1. The normalized spacial score (nSPS) is 13.8. The lowest BCUT2D eigenvalue weighted by molar-refractivity contribution is 0.217. The van der Waals surface area contributed by atoms with Crippen LogP contribution in [0.4, 0.5) is 10.5 Å². The Balaban J connectivity index is 1.42. The van der Waals surface area contributed by atoms with E-state index >= 15 is 0 Å². The van der Waals surface area contributed by atoms with Crippen molar-refractivity contribution in [3.8, 4) is 11.5 Å². The van der Waals surface area contributed by atoms with Gasteiger partial charge in [0.25, 0.3) is 0 Å². The fourth-order valence-electron chi connectivity index (χ4n) is 3.45. The summed E-state index contributed by atoms with van der Waals surface area (Å²) in [5.74, 6) is 0.665. The lowest BCUT2D eigenvalue weighted by Gasteiger charge is -2.27. The molecule has 0 saturated carbocycles. The summed E-state index contributed by atoms with van der Waals surface area (Å²) in [5, 5.41) is 20.3. The van der Waals surface area contributed by atoms with Crippen molar-refractivity contribution in [1.29, 1.82) is 0 Å². The van der Waals surface area contributed by atoms with Crippen molar-refractivity contribution in [3.63, 3.8) is 0 Å². The third-order valence-electron chi connectivity index (χ3n) is 5.44. The number of aliphatic hydroxyl groups excluding tert-OH is 1. The predicted octanol–water partition coefficient (Wildman–Crippen LogP) is 4.26. The summed E-state index contributed by atoms with van der Waals surface area (Å²) in [6.07, 6.45) is 4.56. The third-order valence-corrected chi connectivity index (χ3v) is 5.73. The molecule has 0 radical (unpaired) electrons. The van der Waals surface area contributed by atoms with Crippen LogP contribution < -0.4 is 5.32 Å². The highest BCUT2D eigenvalue weighted by molar-refractivity contribution is 6.32. The number of aliphatic hydroxyl groups is 1. The monoisotopic (exact) mass is 453 g/mol. The fourth-order valence-corrected chi connectivity index (χ4v) is 3.74. The highest BCUT2D eigenvalue weighted by Gasteiger charge is 2.21. The zero-order valence-corrected chi connectivity index (χ0v) is 18.7. The second-order valence-electron chi connectivity index (χ2n) is 7.68. The van der Waals surface area contributed by atoms with E-state index in [1.807, 2.05) is 38.1 Å². The van der Waals surface area contributed by atoms with Gasteiger partial charge in [0.05, 0.1) is 22.9 Å². The van der Waals surface area contributed by atoms with Crippen LogP contribution in [0.15, 0.2) is 41.0 Å². The SMILES string of the molecule is Cc1ccc(NC(=O)N2CC=C(c3ncc(-c4nnc(CCO)o4)cc3Cl)CC2)cc1C. The molecule has 0 bridgehead atoms. The first kappa shape index (κ1) is 22.0. The van der Waals surface area contributed by atoms with Gasteiger partial charge in [-0.05, 0) is 55.2 Å². The third kappa shape index (κ3) is 4.81. The molecule has 0 unspecified atom stereocenters. The van der Waals surface area contributed by atoms with E-state index in [4.69, 9.17) is 21.1 Å². The second-order valence-corrected chi connectivity index (χ2v) is 8.09. The van der Waals surface area contributed by atoms with E-state index < -0.39 is 0 Å². The number of pyridine rings is 1. The van der Waals surface area contributed by atoms with Crippen LogP contribution in [0.25, 0.3) is 17.0 Å². The molecule has 1 aromatic carbocycles. The summed E-state index contributed by atoms with van der Waals surface area (Å²) >= 11 is 6.49. The molecule has 4 rings (SSSR count). The van der Waals surface area contributed by atoms with E-state index in [1.54, 1.807) is 17.2 Å². The first-order chi connectivity index (χ1) is 15.4. The van der Waals surface area contributed by atoms with Gasteiger partial charge in [0.1, 0.15) is 0 Å². The van der Waals surface area contributed by atoms with Gasteiger partial charge in [-0.25, -0.2) is 4.79 Å². The Morgan fingerprint density at radius 1 is 1.25 bits per heavy atom. The molecule has 0 atom stereocenters. The number of hydrogen-bond acceptors (Lipinski definition) is 6. The van der Waals surface area contributed by atoms with Gasteiger partial charge >= 0.3 is 6.03 Å². The predicted molar refractivity (Wildman–Crippen MR) is 122 cm³/mol. The molecule has 2 N–H and O–H groups in total. The number of rotatable bonds is 5. The van der Waals surface area contributed by atoms with Gasteiger partial charge in [0, 0.05) is 31.4 Å². The Bertz CT molecular complexity index is 1170. The van der Waals surface area contributed by atoms with Gasteiger partial charge in [0.2, 0.25) is 11.8 Å². The number of nitrogens with zero attached hydrogens (tertiary/aromatic N) is 4. The molecule has 0 aliphatic carbocycles. The van der Waals surface area contributed by atoms with E-state index in [-0.39, 0.29) is 12.6 Å². The lowest BCUT2D eigenvalue weighted by atomic mass is 10.0. The number of anilines is 1. The van der Waals surface area contributed by atoms with Gasteiger partial charge < -0.3 is 19.7 Å². The summed E-state index contributed by atoms with van der Waals surface area (Å²) in [4.78, 5) is 18.9. The van der Waals surface area contributed by atoms with Crippen molar-refractivity contribution in [2.75, 3.05) is 25.0 Å². The quantitative estimate of drug-likeness (QED) is 0.598. The van der Waals surface area contributed by atoms with E-state index in [2.05, 4.69) is 20.5 Å². The van der Waals surface area contributed by atoms with Crippen LogP contribution in [-0.2, 0) is 6.42 Å². The Hall–Kier alpha value is -3.23. The number of nitrogens with one attached hydrogen (secondary N) is 1. The Kier molecular flexibility index (Phi) is 6.53. The van der Waals surface area contributed by atoms with Crippen molar-refractivity contribution < 1.29 is 14.3 Å². The summed E-state index contributed by atoms with van der Waals surface area (Å²) in [6.45, 7) is 5.04. The maximum absolute atomic E-state index is 12.6. The standard InChI is InChI=1S/C23H24ClN5O3/c1-14-3-4-18(11-15(14)2)26-23(31)29-8-5-16(6-9-29)21-19(24)12-17(13-25-21)22-28-27-20(32-22)7-10-30/h3-5,11-13,30H,6-10H2,1-2H3,(H,26,31). The zero-order valence-electron chi connectivity index (χ0n) is 17.9. The number of hydrogen-bond donors (Lipinski definition) is 2. The van der Waals surface area contributed by atoms with Gasteiger partial charge in [-0.3, -0.25) is 4.98 Å². The average Bonchev–Trinajstić information content (AvgIpc) is 3.25. The van der Waals surface area contributed by atoms with Crippen molar-refractivity contribution >= 4 is 28.9 Å². The molecule has 0 fully saturated rings. The first-order valence-corrected chi connectivity index (χ1v) is 10.7. The van der Waals surface area contributed by atoms with Gasteiger partial charge in [-0.1, -0.05) is 23.7 Å². The molecule has 2 amide bonds. The summed E-state index contributed by atoms with van der Waals surface area (Å²) in [6, 6.07) is 7.48. The molecule has 8 nitrogen and oxygen atoms in total. The minimum absolute atomic E-state index is 0.0621. The van der Waals surface area contributed by atoms with E-state index in [9.17, 15) is 4.79 Å². The molecular formula is C23H24ClN5O3. The topological polar surface area (TPSA) is 104 Å². The molecular weight excluding hydrogens is 430 g/mol. The van der Waals surface area contributed by atoms with Crippen LogP contribution in [0.2, 0.25) is 5.02 Å². The van der Waals surface area contributed by atoms with E-state index in [0.29, 0.717) is 54.0 Å². The van der Waals surface area contributed by atoms with Gasteiger partial charge in [-0.15, -0.1) is 10.2 Å². The summed E-state index contributed by atoms with van der Waals surface area (Å²) in [7, 11) is 0. The first-order valence-electron chi connectivity index (χ1n) is 10.4. The van der Waals surface area contributed by atoms with Crippen molar-refractivity contribution in [2.45, 2.75) is 26.7 Å². The Morgan fingerprint density at radius 2 is 2.09 bits per heavy atom. The van der Waals surface area contributed by atoms with Gasteiger partial charge in [0.15, 0.2) is 0 Å². The van der Waals surface area contributed by atoms with Crippen LogP contribution in [0.5, 0.6) is 0 Å². The average molecular weight is 454 g/mol. The number of carbonyl (C=O) groups is 1. The molecule has 3 aromatic rings. The molecule has 1 aliphatic heterocycles. The number of aryl methyl sites for hydroxylation is 2. The van der Waals surface area contributed by atoms with Crippen molar-refractivity contribution in [2.24, 2.45) is 0 Å². The van der Waals surface area contributed by atoms with Crippen LogP contribution >= 0.6 is 11.6 Å². The van der Waals surface area contributed by atoms with Crippen molar-refractivity contribution in [3.05, 3.63) is 64.3 Å². The lowest BCUT2D eigenvalue weighted by Crippen LogP contribution is -2.38. The highest BCUT2D eigenvalue weighted by Crippen LogP contribution is 2.30.